The highest BCUT2D eigenvalue weighted by atomic mass is 32.1. The Hall–Kier alpha value is -3.05. The number of nitrogens with one attached hydrogen (secondary N) is 1. The van der Waals surface area contributed by atoms with Crippen molar-refractivity contribution in [2.24, 2.45) is 0 Å². The zero-order valence-corrected chi connectivity index (χ0v) is 17.3. The van der Waals surface area contributed by atoms with Crippen molar-refractivity contribution >= 4 is 28.3 Å². The van der Waals surface area contributed by atoms with E-state index in [1.165, 1.54) is 18.4 Å². The van der Waals surface area contributed by atoms with Crippen molar-refractivity contribution < 1.29 is 19.1 Å². The Morgan fingerprint density at radius 1 is 1.31 bits per heavy atom. The van der Waals surface area contributed by atoms with E-state index in [1.54, 1.807) is 29.2 Å². The highest BCUT2D eigenvalue weighted by Crippen LogP contribution is 2.37. The fraction of sp³-hybridized carbons (Fsp3) is 0.381. The van der Waals surface area contributed by atoms with Crippen LogP contribution in [0.5, 0.6) is 5.75 Å². The number of nitrogens with zero attached hydrogens (tertiary/aromatic N) is 2. The third kappa shape index (κ3) is 4.69. The van der Waals surface area contributed by atoms with Gasteiger partial charge in [0.05, 0.1) is 25.8 Å². The van der Waals surface area contributed by atoms with Crippen LogP contribution in [0.25, 0.3) is 0 Å². The summed E-state index contributed by atoms with van der Waals surface area (Å²) < 4.78 is 10.4. The number of carbonyl (C=O) groups excluding carboxylic acids is 2. The molecule has 0 atom stereocenters. The smallest absolute Gasteiger partial charge is 0.409 e. The SMILES string of the molecule is CCCCOc1ccc(C(=O)Nc2sc3c(c2C#N)CCN(C(=O)OC)C3)cc1. The lowest BCUT2D eigenvalue weighted by atomic mass is 10.0. The van der Waals surface area contributed by atoms with E-state index in [2.05, 4.69) is 18.3 Å². The first kappa shape index (κ1) is 20.7. The number of hydrogen-bond acceptors (Lipinski definition) is 6. The molecule has 2 amide bonds. The summed E-state index contributed by atoms with van der Waals surface area (Å²) in [5.41, 5.74) is 1.86. The van der Waals surface area contributed by atoms with E-state index < -0.39 is 6.09 Å². The van der Waals surface area contributed by atoms with Gasteiger partial charge in [-0.1, -0.05) is 13.3 Å². The molecule has 1 N–H and O–H groups in total. The van der Waals surface area contributed by atoms with Crippen LogP contribution in [0.3, 0.4) is 0 Å². The number of amides is 2. The Morgan fingerprint density at radius 3 is 2.72 bits per heavy atom. The number of ether oxygens (including phenoxy) is 2. The number of benzene rings is 1. The van der Waals surface area contributed by atoms with Crippen molar-refractivity contribution in [3.8, 4) is 11.8 Å². The molecule has 2 aromatic rings. The molecule has 0 saturated heterocycles. The van der Waals surface area contributed by atoms with Crippen LogP contribution in [-0.2, 0) is 17.7 Å². The summed E-state index contributed by atoms with van der Waals surface area (Å²) in [6, 6.07) is 9.14. The van der Waals surface area contributed by atoms with Gasteiger partial charge < -0.3 is 19.7 Å². The number of rotatable bonds is 6. The molecule has 0 unspecified atom stereocenters. The molecular formula is C21H23N3O4S. The first-order chi connectivity index (χ1) is 14.1. The molecular weight excluding hydrogens is 390 g/mol. The Kier molecular flexibility index (Phi) is 6.73. The number of methoxy groups -OCH3 is 1. The number of nitriles is 1. The van der Waals surface area contributed by atoms with Gasteiger partial charge in [0.25, 0.3) is 5.91 Å². The highest BCUT2D eigenvalue weighted by molar-refractivity contribution is 7.16. The van der Waals surface area contributed by atoms with Gasteiger partial charge >= 0.3 is 6.09 Å². The van der Waals surface area contributed by atoms with Crippen LogP contribution in [0.4, 0.5) is 9.80 Å². The van der Waals surface area contributed by atoms with Gasteiger partial charge in [-0.05, 0) is 42.7 Å². The third-order valence-corrected chi connectivity index (χ3v) is 5.84. The van der Waals surface area contributed by atoms with Crippen LogP contribution in [0.1, 0.15) is 46.1 Å². The van der Waals surface area contributed by atoms with E-state index in [4.69, 9.17) is 9.47 Å². The largest absolute Gasteiger partial charge is 0.494 e. The lowest BCUT2D eigenvalue weighted by molar-refractivity contribution is 0.102. The normalized spacial score (nSPS) is 12.7. The Balaban J connectivity index is 1.72. The van der Waals surface area contributed by atoms with Gasteiger partial charge in [-0.3, -0.25) is 4.79 Å². The third-order valence-electron chi connectivity index (χ3n) is 4.71. The molecule has 0 spiro atoms. The van der Waals surface area contributed by atoms with Crippen LogP contribution in [0.2, 0.25) is 0 Å². The van der Waals surface area contributed by atoms with E-state index in [0.717, 1.165) is 29.0 Å². The fourth-order valence-electron chi connectivity index (χ4n) is 3.11. The van der Waals surface area contributed by atoms with Crippen LogP contribution >= 0.6 is 11.3 Å². The molecule has 1 aliphatic heterocycles. The summed E-state index contributed by atoms with van der Waals surface area (Å²) in [4.78, 5) is 26.9. The molecule has 3 rings (SSSR count). The maximum atomic E-state index is 12.6. The summed E-state index contributed by atoms with van der Waals surface area (Å²) in [5.74, 6) is 0.437. The molecule has 0 bridgehead atoms. The summed E-state index contributed by atoms with van der Waals surface area (Å²) in [6.45, 7) is 3.61. The van der Waals surface area contributed by atoms with Gasteiger partial charge in [0.1, 0.15) is 16.8 Å². The number of anilines is 1. The van der Waals surface area contributed by atoms with Crippen LogP contribution in [0, 0.1) is 11.3 Å². The fourth-order valence-corrected chi connectivity index (χ4v) is 4.32. The molecule has 0 saturated carbocycles. The number of hydrogen-bond donors (Lipinski definition) is 1. The first-order valence-electron chi connectivity index (χ1n) is 9.49. The van der Waals surface area contributed by atoms with Gasteiger partial charge in [0, 0.05) is 17.0 Å². The second-order valence-electron chi connectivity index (χ2n) is 6.64. The molecule has 8 heteroatoms. The topological polar surface area (TPSA) is 91.7 Å². The van der Waals surface area contributed by atoms with E-state index in [0.29, 0.717) is 42.2 Å². The van der Waals surface area contributed by atoms with Crippen molar-refractivity contribution in [2.75, 3.05) is 25.6 Å². The molecule has 2 heterocycles. The predicted molar refractivity (Wildman–Crippen MR) is 110 cm³/mol. The minimum Gasteiger partial charge on any atom is -0.494 e. The second kappa shape index (κ2) is 9.43. The standard InChI is InChI=1S/C21H23N3O4S/c1-3-4-11-28-15-7-5-14(6-8-15)19(25)23-20-17(12-22)16-9-10-24(21(26)27-2)13-18(16)29-20/h5-8H,3-4,9-11,13H2,1-2H3,(H,23,25). The van der Waals surface area contributed by atoms with E-state index >= 15 is 0 Å². The maximum Gasteiger partial charge on any atom is 0.409 e. The van der Waals surface area contributed by atoms with Crippen molar-refractivity contribution in [1.29, 1.82) is 5.26 Å². The molecule has 1 aromatic carbocycles. The monoisotopic (exact) mass is 413 g/mol. The van der Waals surface area contributed by atoms with Crippen molar-refractivity contribution in [2.45, 2.75) is 32.7 Å². The minimum atomic E-state index is -0.394. The zero-order valence-electron chi connectivity index (χ0n) is 16.5. The molecule has 29 heavy (non-hydrogen) atoms. The van der Waals surface area contributed by atoms with E-state index in [-0.39, 0.29) is 5.91 Å². The van der Waals surface area contributed by atoms with Crippen LogP contribution < -0.4 is 10.1 Å². The first-order valence-corrected chi connectivity index (χ1v) is 10.3. The lowest BCUT2D eigenvalue weighted by Crippen LogP contribution is -2.35. The van der Waals surface area contributed by atoms with Gasteiger partial charge in [-0.2, -0.15) is 5.26 Å². The summed E-state index contributed by atoms with van der Waals surface area (Å²) in [7, 11) is 1.35. The Labute approximate surface area is 173 Å². The Bertz CT molecular complexity index is 931. The summed E-state index contributed by atoms with van der Waals surface area (Å²) in [5, 5.41) is 12.9. The highest BCUT2D eigenvalue weighted by Gasteiger charge is 2.28. The van der Waals surface area contributed by atoms with Crippen molar-refractivity contribution in [3.63, 3.8) is 0 Å². The molecule has 7 nitrogen and oxygen atoms in total. The minimum absolute atomic E-state index is 0.287. The molecule has 0 aliphatic carbocycles. The number of unbranched alkanes of at least 4 members (excludes halogenated alkanes) is 1. The quantitative estimate of drug-likeness (QED) is 0.718. The van der Waals surface area contributed by atoms with E-state index in [1.807, 2.05) is 0 Å². The average molecular weight is 413 g/mol. The van der Waals surface area contributed by atoms with Crippen LogP contribution in [-0.4, -0.2) is 37.2 Å². The van der Waals surface area contributed by atoms with Gasteiger partial charge in [-0.15, -0.1) is 11.3 Å². The Morgan fingerprint density at radius 2 is 2.07 bits per heavy atom. The molecule has 1 aliphatic rings. The summed E-state index contributed by atoms with van der Waals surface area (Å²) in [6.07, 6.45) is 2.21. The molecule has 0 fully saturated rings. The second-order valence-corrected chi connectivity index (χ2v) is 7.75. The number of fused-ring (bicyclic) bond motifs is 1. The number of carbonyl (C=O) groups is 2. The summed E-state index contributed by atoms with van der Waals surface area (Å²) >= 11 is 1.33. The van der Waals surface area contributed by atoms with Gasteiger partial charge in [0.2, 0.25) is 0 Å². The molecule has 152 valence electrons. The van der Waals surface area contributed by atoms with Crippen molar-refractivity contribution in [3.05, 3.63) is 45.8 Å². The van der Waals surface area contributed by atoms with Crippen LogP contribution in [0.15, 0.2) is 24.3 Å². The van der Waals surface area contributed by atoms with E-state index in [9.17, 15) is 14.9 Å². The molecule has 0 radical (unpaired) electrons. The van der Waals surface area contributed by atoms with Crippen molar-refractivity contribution in [1.82, 2.24) is 4.90 Å². The average Bonchev–Trinajstić information content (AvgIpc) is 3.09. The predicted octanol–water partition coefficient (Wildman–Crippen LogP) is 4.18. The molecule has 1 aromatic heterocycles. The van der Waals surface area contributed by atoms with Gasteiger partial charge in [-0.25, -0.2) is 4.79 Å². The lowest BCUT2D eigenvalue weighted by Gasteiger charge is -2.25. The maximum absolute atomic E-state index is 12.6. The zero-order chi connectivity index (χ0) is 20.8. The number of thiophene rings is 1. The van der Waals surface area contributed by atoms with Gasteiger partial charge in [0.15, 0.2) is 0 Å².